The Morgan fingerprint density at radius 2 is 1.47 bits per heavy atom. The number of rotatable bonds is 18. The maximum atomic E-state index is 13.4. The van der Waals surface area contributed by atoms with E-state index in [1.807, 2.05) is 42.5 Å². The van der Waals surface area contributed by atoms with Gasteiger partial charge in [0.2, 0.25) is 11.8 Å². The van der Waals surface area contributed by atoms with Crippen molar-refractivity contribution in [3.8, 4) is 11.1 Å². The molecule has 0 heterocycles. The molecule has 4 rings (SSSR count). The average molecular weight is 668 g/mol. The van der Waals surface area contributed by atoms with Crippen LogP contribution in [0.4, 0.5) is 4.79 Å². The lowest BCUT2D eigenvalue weighted by atomic mass is 9.98. The molecule has 0 saturated carbocycles. The standard InChI is InChI=1S/C39H45N3O7/c1-4-6-21-34(42-39(47)49-24-33-31-19-12-10-17-29(31)30-18-11-13-20-32(30)33)38(46)48-25-35(27-15-8-7-9-16-27)41-37(45)28(14-5-2)22-36(44)40-26(3)23-43/h4-5,7-13,15-20,26,28,33-35,43H,1-2,6,14,21-25H2,3H3,(H,40,44)(H,41,45)(H,42,47)/t26-,28+,34-,35-/m0/s1. The number of hydrogen-bond donors (Lipinski definition) is 4. The van der Waals surface area contributed by atoms with E-state index in [9.17, 15) is 24.3 Å². The van der Waals surface area contributed by atoms with Crippen LogP contribution in [0.15, 0.2) is 104 Å². The fourth-order valence-corrected chi connectivity index (χ4v) is 5.87. The molecule has 258 valence electrons. The minimum Gasteiger partial charge on any atom is -0.462 e. The van der Waals surface area contributed by atoms with Crippen LogP contribution in [0.1, 0.15) is 61.3 Å². The number of alkyl carbamates (subject to hydrolysis) is 1. The Morgan fingerprint density at radius 1 is 0.837 bits per heavy atom. The first-order valence-corrected chi connectivity index (χ1v) is 16.5. The second kappa shape index (κ2) is 18.4. The molecule has 0 bridgehead atoms. The van der Waals surface area contributed by atoms with Gasteiger partial charge in [-0.3, -0.25) is 9.59 Å². The minimum absolute atomic E-state index is 0.0913. The zero-order valence-electron chi connectivity index (χ0n) is 27.8. The number of fused-ring (bicyclic) bond motifs is 3. The fourth-order valence-electron chi connectivity index (χ4n) is 5.87. The van der Waals surface area contributed by atoms with Crippen molar-refractivity contribution in [3.63, 3.8) is 0 Å². The van der Waals surface area contributed by atoms with Crippen LogP contribution < -0.4 is 16.0 Å². The highest BCUT2D eigenvalue weighted by Crippen LogP contribution is 2.44. The first-order chi connectivity index (χ1) is 23.7. The SMILES string of the molecule is C=CCC[C@H](NC(=O)OCC1c2ccccc2-c2ccccc21)C(=O)OC[C@H](NC(=O)[C@H](CC=C)CC(=O)N[C@@H](C)CO)c1ccccc1. The Hall–Kier alpha value is -5.22. The molecule has 0 spiro atoms. The molecular weight excluding hydrogens is 622 g/mol. The monoisotopic (exact) mass is 667 g/mol. The molecule has 49 heavy (non-hydrogen) atoms. The van der Waals surface area contributed by atoms with E-state index in [0.29, 0.717) is 12.0 Å². The van der Waals surface area contributed by atoms with Gasteiger partial charge in [0.15, 0.2) is 0 Å². The van der Waals surface area contributed by atoms with Crippen molar-refractivity contribution in [1.29, 1.82) is 0 Å². The number of carbonyl (C=O) groups is 4. The van der Waals surface area contributed by atoms with Gasteiger partial charge >= 0.3 is 12.1 Å². The van der Waals surface area contributed by atoms with Crippen molar-refractivity contribution in [2.45, 2.75) is 56.7 Å². The van der Waals surface area contributed by atoms with Crippen LogP contribution in [0, 0.1) is 5.92 Å². The molecule has 3 aromatic rings. The molecule has 1 aliphatic carbocycles. The maximum Gasteiger partial charge on any atom is 0.407 e. The van der Waals surface area contributed by atoms with E-state index in [-0.39, 0.29) is 50.9 Å². The topological polar surface area (TPSA) is 143 Å². The van der Waals surface area contributed by atoms with E-state index < -0.39 is 42.0 Å². The van der Waals surface area contributed by atoms with Crippen molar-refractivity contribution in [2.24, 2.45) is 5.92 Å². The summed E-state index contributed by atoms with van der Waals surface area (Å²) in [4.78, 5) is 52.3. The molecule has 0 aliphatic heterocycles. The van der Waals surface area contributed by atoms with E-state index in [4.69, 9.17) is 9.47 Å². The highest BCUT2D eigenvalue weighted by molar-refractivity contribution is 5.86. The molecule has 0 fully saturated rings. The lowest BCUT2D eigenvalue weighted by molar-refractivity contribution is -0.147. The van der Waals surface area contributed by atoms with E-state index in [2.05, 4.69) is 41.2 Å². The Bertz CT molecular complexity index is 1560. The van der Waals surface area contributed by atoms with Gasteiger partial charge in [0.1, 0.15) is 19.3 Å². The minimum atomic E-state index is -1.02. The number of nitrogens with one attached hydrogen (secondary N) is 3. The van der Waals surface area contributed by atoms with Gasteiger partial charge in [-0.25, -0.2) is 9.59 Å². The van der Waals surface area contributed by atoms with Crippen LogP contribution >= 0.6 is 0 Å². The lowest BCUT2D eigenvalue weighted by Gasteiger charge is -2.24. The number of ether oxygens (including phenoxy) is 2. The van der Waals surface area contributed by atoms with Crippen LogP contribution in [0.3, 0.4) is 0 Å². The molecule has 10 heteroatoms. The summed E-state index contributed by atoms with van der Waals surface area (Å²) in [5, 5.41) is 17.5. The lowest BCUT2D eigenvalue weighted by Crippen LogP contribution is -2.44. The molecule has 0 saturated heterocycles. The normalized spacial score (nSPS) is 14.2. The van der Waals surface area contributed by atoms with Crippen LogP contribution in [0.25, 0.3) is 11.1 Å². The Morgan fingerprint density at radius 3 is 2.08 bits per heavy atom. The number of carbonyl (C=O) groups excluding carboxylic acids is 4. The third-order valence-electron chi connectivity index (χ3n) is 8.43. The summed E-state index contributed by atoms with van der Waals surface area (Å²) < 4.78 is 11.4. The molecule has 4 N–H and O–H groups in total. The fraction of sp³-hybridized carbons (Fsp3) is 0.333. The molecule has 3 amide bonds. The highest BCUT2D eigenvalue weighted by Gasteiger charge is 2.31. The van der Waals surface area contributed by atoms with Gasteiger partial charge in [0.05, 0.1) is 18.6 Å². The third kappa shape index (κ3) is 10.1. The molecule has 3 aromatic carbocycles. The number of esters is 1. The summed E-state index contributed by atoms with van der Waals surface area (Å²) in [5.41, 5.74) is 5.05. The van der Waals surface area contributed by atoms with Crippen LogP contribution in [-0.2, 0) is 23.9 Å². The Kier molecular flexibility index (Phi) is 13.7. The maximum absolute atomic E-state index is 13.4. The van der Waals surface area contributed by atoms with Gasteiger partial charge in [0.25, 0.3) is 0 Å². The molecule has 0 radical (unpaired) electrons. The van der Waals surface area contributed by atoms with Crippen molar-refractivity contribution >= 4 is 23.9 Å². The molecule has 0 aromatic heterocycles. The summed E-state index contributed by atoms with van der Waals surface area (Å²) in [6, 6.07) is 22.8. The smallest absolute Gasteiger partial charge is 0.407 e. The largest absolute Gasteiger partial charge is 0.462 e. The van der Waals surface area contributed by atoms with E-state index in [0.717, 1.165) is 22.3 Å². The summed E-state index contributed by atoms with van der Waals surface area (Å²) in [6.45, 7) is 8.74. The van der Waals surface area contributed by atoms with Crippen LogP contribution in [0.5, 0.6) is 0 Å². The van der Waals surface area contributed by atoms with Crippen molar-refractivity contribution < 1.29 is 33.8 Å². The summed E-state index contributed by atoms with van der Waals surface area (Å²) >= 11 is 0. The Balaban J connectivity index is 1.40. The Labute approximate surface area is 287 Å². The van der Waals surface area contributed by atoms with Gasteiger partial charge in [-0.05, 0) is 54.0 Å². The summed E-state index contributed by atoms with van der Waals surface area (Å²) in [7, 11) is 0. The van der Waals surface area contributed by atoms with Gasteiger partial charge in [-0.1, -0.05) is 91.0 Å². The molecule has 4 atom stereocenters. The molecule has 0 unspecified atom stereocenters. The van der Waals surface area contributed by atoms with Crippen molar-refractivity contribution in [1.82, 2.24) is 16.0 Å². The highest BCUT2D eigenvalue weighted by atomic mass is 16.6. The predicted octanol–water partition coefficient (Wildman–Crippen LogP) is 5.34. The number of benzene rings is 3. The quantitative estimate of drug-likeness (QED) is 0.106. The number of amides is 3. The molecular formula is C39H45N3O7. The first kappa shape index (κ1) is 36.6. The van der Waals surface area contributed by atoms with Gasteiger partial charge in [-0.15, -0.1) is 13.2 Å². The molecule has 10 nitrogen and oxygen atoms in total. The number of aliphatic hydroxyl groups excluding tert-OH is 1. The second-order valence-electron chi connectivity index (χ2n) is 12.1. The third-order valence-corrected chi connectivity index (χ3v) is 8.43. The zero-order chi connectivity index (χ0) is 35.2. The van der Waals surface area contributed by atoms with E-state index in [1.165, 1.54) is 0 Å². The summed E-state index contributed by atoms with van der Waals surface area (Å²) in [6.07, 6.45) is 3.24. The number of allylic oxidation sites excluding steroid dienone is 2. The predicted molar refractivity (Wildman–Crippen MR) is 187 cm³/mol. The van der Waals surface area contributed by atoms with Gasteiger partial charge < -0.3 is 30.5 Å². The summed E-state index contributed by atoms with van der Waals surface area (Å²) in [5.74, 6) is -2.36. The van der Waals surface area contributed by atoms with Crippen molar-refractivity contribution in [2.75, 3.05) is 19.8 Å². The van der Waals surface area contributed by atoms with E-state index in [1.54, 1.807) is 43.3 Å². The molecule has 1 aliphatic rings. The number of hydrogen-bond acceptors (Lipinski definition) is 7. The van der Waals surface area contributed by atoms with Gasteiger partial charge in [-0.2, -0.15) is 0 Å². The van der Waals surface area contributed by atoms with Crippen LogP contribution in [0.2, 0.25) is 0 Å². The second-order valence-corrected chi connectivity index (χ2v) is 12.1. The van der Waals surface area contributed by atoms with Crippen LogP contribution in [-0.4, -0.2) is 60.9 Å². The van der Waals surface area contributed by atoms with Gasteiger partial charge in [0, 0.05) is 18.4 Å². The van der Waals surface area contributed by atoms with Crippen molar-refractivity contribution in [3.05, 3.63) is 121 Å². The first-order valence-electron chi connectivity index (χ1n) is 16.5. The van der Waals surface area contributed by atoms with E-state index >= 15 is 0 Å². The zero-order valence-corrected chi connectivity index (χ0v) is 27.8. The number of aliphatic hydroxyl groups is 1. The average Bonchev–Trinajstić information content (AvgIpc) is 3.44.